The van der Waals surface area contributed by atoms with Gasteiger partial charge in [-0.1, -0.05) is 0 Å². The number of carbonyl (C=O) groups is 1. The van der Waals surface area contributed by atoms with Crippen LogP contribution >= 0.6 is 11.8 Å². The van der Waals surface area contributed by atoms with E-state index in [2.05, 4.69) is 6.26 Å². The van der Waals surface area contributed by atoms with Crippen molar-refractivity contribution in [2.45, 2.75) is 12.8 Å². The lowest BCUT2D eigenvalue weighted by Gasteiger charge is -2.20. The number of thioether (sulfide) groups is 1. The van der Waals surface area contributed by atoms with Gasteiger partial charge >= 0.3 is 0 Å². The van der Waals surface area contributed by atoms with Crippen molar-refractivity contribution in [2.24, 2.45) is 5.92 Å². The van der Waals surface area contributed by atoms with Crippen LogP contribution in [0.1, 0.15) is 12.8 Å². The van der Waals surface area contributed by atoms with E-state index in [1.807, 2.05) is 0 Å². The zero-order valence-electron chi connectivity index (χ0n) is 6.84. The summed E-state index contributed by atoms with van der Waals surface area (Å²) in [5, 5.41) is 0. The van der Waals surface area contributed by atoms with Crippen LogP contribution < -0.4 is 0 Å². The highest BCUT2D eigenvalue weighted by Gasteiger charge is 2.21. The van der Waals surface area contributed by atoms with Crippen molar-refractivity contribution in [1.29, 1.82) is 0 Å². The summed E-state index contributed by atoms with van der Waals surface area (Å²) < 4.78 is 5.22. The van der Waals surface area contributed by atoms with Gasteiger partial charge in [-0.3, -0.25) is 4.79 Å². The highest BCUT2D eigenvalue weighted by Crippen LogP contribution is 2.15. The maximum absolute atomic E-state index is 11.2. The van der Waals surface area contributed by atoms with Gasteiger partial charge in [0.05, 0.1) is 13.2 Å². The Morgan fingerprint density at radius 3 is 3.18 bits per heavy atom. The van der Waals surface area contributed by atoms with Crippen molar-refractivity contribution in [3.63, 3.8) is 0 Å². The fourth-order valence-electron chi connectivity index (χ4n) is 1.20. The van der Waals surface area contributed by atoms with E-state index >= 15 is 0 Å². The fourth-order valence-corrected chi connectivity index (χ4v) is 1.72. The normalized spacial score (nSPS) is 25.5. The van der Waals surface area contributed by atoms with Crippen LogP contribution in [0.5, 0.6) is 0 Å². The fraction of sp³-hybridized carbons (Fsp3) is 0.875. The van der Waals surface area contributed by atoms with Crippen LogP contribution in [0, 0.1) is 5.92 Å². The Hall–Kier alpha value is -0.0200. The van der Waals surface area contributed by atoms with Crippen LogP contribution in [0.25, 0.3) is 0 Å². The molecule has 0 aromatic carbocycles. The summed E-state index contributed by atoms with van der Waals surface area (Å²) in [6, 6.07) is 0. The zero-order chi connectivity index (χ0) is 8.10. The molecule has 11 heavy (non-hydrogen) atoms. The molecule has 1 rings (SSSR count). The minimum absolute atomic E-state index is 0.191. The Bertz CT molecular complexity index is 136. The molecule has 1 atom stereocenters. The van der Waals surface area contributed by atoms with Crippen LogP contribution in [0.15, 0.2) is 0 Å². The van der Waals surface area contributed by atoms with Crippen LogP contribution in [0.3, 0.4) is 0 Å². The number of rotatable bonds is 3. The third kappa shape index (κ3) is 2.83. The van der Waals surface area contributed by atoms with Crippen molar-refractivity contribution < 1.29 is 9.53 Å². The largest absolute Gasteiger partial charge is 0.380 e. The summed E-state index contributed by atoms with van der Waals surface area (Å²) in [7, 11) is 0. The summed E-state index contributed by atoms with van der Waals surface area (Å²) in [5.74, 6) is 1.65. The van der Waals surface area contributed by atoms with Crippen molar-refractivity contribution in [1.82, 2.24) is 0 Å². The first kappa shape index (κ1) is 9.07. The third-order valence-corrected chi connectivity index (χ3v) is 2.58. The van der Waals surface area contributed by atoms with Crippen LogP contribution in [-0.4, -0.2) is 31.0 Å². The number of hydrogen-bond donors (Lipinski definition) is 0. The summed E-state index contributed by atoms with van der Waals surface area (Å²) in [6.07, 6.45) is 3.67. The van der Waals surface area contributed by atoms with Gasteiger partial charge in [0.1, 0.15) is 5.78 Å². The van der Waals surface area contributed by atoms with Gasteiger partial charge in [0, 0.05) is 12.3 Å². The van der Waals surface area contributed by atoms with Crippen LogP contribution in [-0.2, 0) is 9.53 Å². The molecule has 1 aliphatic rings. The molecule has 0 aliphatic carbocycles. The highest BCUT2D eigenvalue weighted by molar-refractivity contribution is 7.98. The lowest BCUT2D eigenvalue weighted by Crippen LogP contribution is -2.27. The summed E-state index contributed by atoms with van der Waals surface area (Å²) in [6.45, 7) is 1.29. The standard InChI is InChI=1S/C8H14O2S/c1-11-5-3-7-6-10-4-2-8(7)9/h7H,2-6H2,1H3. The number of ether oxygens (including phenoxy) is 1. The van der Waals surface area contributed by atoms with Gasteiger partial charge in [0.15, 0.2) is 0 Å². The molecule has 1 fully saturated rings. The summed E-state index contributed by atoms with van der Waals surface area (Å²) >= 11 is 1.79. The lowest BCUT2D eigenvalue weighted by molar-refractivity contribution is -0.130. The quantitative estimate of drug-likeness (QED) is 0.646. The topological polar surface area (TPSA) is 26.3 Å². The molecule has 2 nitrogen and oxygen atoms in total. The van der Waals surface area contributed by atoms with E-state index in [0.717, 1.165) is 12.2 Å². The number of hydrogen-bond acceptors (Lipinski definition) is 3. The van der Waals surface area contributed by atoms with E-state index in [-0.39, 0.29) is 5.92 Å². The predicted octanol–water partition coefficient (Wildman–Crippen LogP) is 1.35. The smallest absolute Gasteiger partial charge is 0.140 e. The predicted molar refractivity (Wildman–Crippen MR) is 46.9 cm³/mol. The molecule has 0 radical (unpaired) electrons. The number of Topliss-reactive ketones (excluding diaryl/α,β-unsaturated/α-hetero) is 1. The van der Waals surface area contributed by atoms with Gasteiger partial charge in [-0.2, -0.15) is 11.8 Å². The maximum atomic E-state index is 11.2. The molecule has 3 heteroatoms. The molecule has 0 bridgehead atoms. The Morgan fingerprint density at radius 2 is 2.55 bits per heavy atom. The van der Waals surface area contributed by atoms with Crippen molar-refractivity contribution >= 4 is 17.5 Å². The summed E-state index contributed by atoms with van der Waals surface area (Å²) in [4.78, 5) is 11.2. The number of carbonyl (C=O) groups excluding carboxylic acids is 1. The van der Waals surface area contributed by atoms with Crippen LogP contribution in [0.2, 0.25) is 0 Å². The van der Waals surface area contributed by atoms with E-state index < -0.39 is 0 Å². The Morgan fingerprint density at radius 1 is 1.73 bits per heavy atom. The zero-order valence-corrected chi connectivity index (χ0v) is 7.65. The van der Waals surface area contributed by atoms with Crippen molar-refractivity contribution in [3.8, 4) is 0 Å². The Balaban J connectivity index is 2.24. The van der Waals surface area contributed by atoms with Crippen molar-refractivity contribution in [2.75, 3.05) is 25.2 Å². The average molecular weight is 174 g/mol. The van der Waals surface area contributed by atoms with E-state index in [1.54, 1.807) is 11.8 Å². The molecule has 0 amide bonds. The average Bonchev–Trinajstić information content (AvgIpc) is 2.03. The molecule has 0 saturated carbocycles. The van der Waals surface area contributed by atoms with Gasteiger partial charge < -0.3 is 4.74 Å². The van der Waals surface area contributed by atoms with Crippen molar-refractivity contribution in [3.05, 3.63) is 0 Å². The molecule has 0 aromatic rings. The molecular formula is C8H14O2S. The molecule has 64 valence electrons. The molecular weight excluding hydrogens is 160 g/mol. The molecule has 1 unspecified atom stereocenters. The van der Waals surface area contributed by atoms with Gasteiger partial charge in [0.2, 0.25) is 0 Å². The monoisotopic (exact) mass is 174 g/mol. The van der Waals surface area contributed by atoms with Gasteiger partial charge in [0.25, 0.3) is 0 Å². The number of ketones is 1. The van der Waals surface area contributed by atoms with Gasteiger partial charge in [-0.05, 0) is 18.4 Å². The minimum atomic E-state index is 0.191. The minimum Gasteiger partial charge on any atom is -0.380 e. The first-order valence-electron chi connectivity index (χ1n) is 3.94. The highest BCUT2D eigenvalue weighted by atomic mass is 32.2. The Labute approximate surface area is 71.7 Å². The summed E-state index contributed by atoms with van der Waals surface area (Å²) in [5.41, 5.74) is 0. The van der Waals surface area contributed by atoms with E-state index in [4.69, 9.17) is 4.74 Å². The second-order valence-electron chi connectivity index (χ2n) is 2.77. The van der Waals surface area contributed by atoms with Gasteiger partial charge in [-0.15, -0.1) is 0 Å². The van der Waals surface area contributed by atoms with Crippen LogP contribution in [0.4, 0.5) is 0 Å². The lowest BCUT2D eigenvalue weighted by atomic mass is 9.98. The van der Waals surface area contributed by atoms with E-state index in [9.17, 15) is 4.79 Å². The molecule has 0 aromatic heterocycles. The first-order chi connectivity index (χ1) is 5.34. The molecule has 1 aliphatic heterocycles. The Kier molecular flexibility index (Phi) is 3.94. The third-order valence-electron chi connectivity index (χ3n) is 1.94. The van der Waals surface area contributed by atoms with E-state index in [0.29, 0.717) is 25.4 Å². The van der Waals surface area contributed by atoms with Gasteiger partial charge in [-0.25, -0.2) is 0 Å². The molecule has 1 saturated heterocycles. The second kappa shape index (κ2) is 4.78. The first-order valence-corrected chi connectivity index (χ1v) is 5.33. The molecule has 0 spiro atoms. The molecule has 0 N–H and O–H groups in total. The second-order valence-corrected chi connectivity index (χ2v) is 3.76. The van der Waals surface area contributed by atoms with E-state index in [1.165, 1.54) is 0 Å². The maximum Gasteiger partial charge on any atom is 0.140 e. The molecule has 1 heterocycles. The SMILES string of the molecule is CSCCC1COCCC1=O.